The number of urea groups is 1. The third-order valence-electron chi connectivity index (χ3n) is 4.46. The van der Waals surface area contributed by atoms with Crippen molar-refractivity contribution in [3.8, 4) is 0 Å². The highest BCUT2D eigenvalue weighted by Crippen LogP contribution is 2.17. The molecule has 1 fully saturated rings. The Kier molecular flexibility index (Phi) is 4.14. The molecule has 1 aromatic heterocycles. The fourth-order valence-electron chi connectivity index (χ4n) is 3.26. The molecule has 116 valence electrons. The quantitative estimate of drug-likeness (QED) is 0.817. The summed E-state index contributed by atoms with van der Waals surface area (Å²) in [6.07, 6.45) is 5.49. The van der Waals surface area contributed by atoms with Crippen molar-refractivity contribution in [2.24, 2.45) is 0 Å². The fourth-order valence-corrected chi connectivity index (χ4v) is 3.26. The maximum Gasteiger partial charge on any atom is 0.319 e. The van der Waals surface area contributed by atoms with Gasteiger partial charge in [-0.25, -0.2) is 9.78 Å². The van der Waals surface area contributed by atoms with Gasteiger partial charge in [-0.2, -0.15) is 0 Å². The average molecular weight is 291 g/mol. The van der Waals surface area contributed by atoms with Crippen LogP contribution in [0.25, 0.3) is 0 Å². The molecular formula is C15H25N5O. The van der Waals surface area contributed by atoms with Crippen molar-refractivity contribution in [3.63, 3.8) is 0 Å². The smallest absolute Gasteiger partial charge is 0.319 e. The van der Waals surface area contributed by atoms with Gasteiger partial charge in [0.2, 0.25) is 0 Å². The first kappa shape index (κ1) is 14.4. The Hall–Kier alpha value is -1.56. The van der Waals surface area contributed by atoms with E-state index in [4.69, 9.17) is 0 Å². The molecular weight excluding hydrogens is 266 g/mol. The predicted octanol–water partition coefficient (Wildman–Crippen LogP) is 1.02. The van der Waals surface area contributed by atoms with E-state index >= 15 is 0 Å². The number of rotatable bonds is 2. The molecule has 2 aliphatic rings. The van der Waals surface area contributed by atoms with Gasteiger partial charge in [0.15, 0.2) is 0 Å². The second-order valence-corrected chi connectivity index (χ2v) is 6.21. The lowest BCUT2D eigenvalue weighted by atomic mass is 10.4. The maximum absolute atomic E-state index is 12.1. The van der Waals surface area contributed by atoms with Crippen molar-refractivity contribution >= 4 is 6.03 Å². The summed E-state index contributed by atoms with van der Waals surface area (Å²) in [7, 11) is 3.62. The molecule has 2 amide bonds. The van der Waals surface area contributed by atoms with E-state index in [0.717, 1.165) is 38.4 Å². The minimum absolute atomic E-state index is 0.0989. The van der Waals surface area contributed by atoms with Gasteiger partial charge in [0.25, 0.3) is 0 Å². The molecule has 2 aliphatic heterocycles. The molecule has 0 saturated carbocycles. The second-order valence-electron chi connectivity index (χ2n) is 6.21. The van der Waals surface area contributed by atoms with E-state index in [-0.39, 0.29) is 6.03 Å². The Morgan fingerprint density at radius 2 is 1.95 bits per heavy atom. The van der Waals surface area contributed by atoms with E-state index in [1.54, 1.807) is 4.90 Å². The first-order valence-electron chi connectivity index (χ1n) is 7.87. The van der Waals surface area contributed by atoms with Gasteiger partial charge in [-0.3, -0.25) is 4.90 Å². The van der Waals surface area contributed by atoms with Crippen molar-refractivity contribution in [2.75, 3.05) is 40.3 Å². The summed E-state index contributed by atoms with van der Waals surface area (Å²) in [5, 5.41) is 0. The molecule has 3 heterocycles. The van der Waals surface area contributed by atoms with Gasteiger partial charge in [0.1, 0.15) is 5.82 Å². The van der Waals surface area contributed by atoms with Crippen molar-refractivity contribution in [1.82, 2.24) is 24.3 Å². The Labute approximate surface area is 126 Å². The lowest BCUT2D eigenvalue weighted by molar-refractivity contribution is 0.172. The summed E-state index contributed by atoms with van der Waals surface area (Å²) in [5.74, 6) is 1.12. The molecule has 0 N–H and O–H groups in total. The van der Waals surface area contributed by atoms with Crippen molar-refractivity contribution in [1.29, 1.82) is 0 Å². The summed E-state index contributed by atoms with van der Waals surface area (Å²) in [4.78, 5) is 22.8. The minimum atomic E-state index is 0.0989. The molecule has 3 rings (SSSR count). The van der Waals surface area contributed by atoms with Crippen LogP contribution < -0.4 is 0 Å². The molecule has 0 aliphatic carbocycles. The zero-order valence-corrected chi connectivity index (χ0v) is 13.1. The average Bonchev–Trinajstić information content (AvgIpc) is 3.05. The monoisotopic (exact) mass is 291 g/mol. The Bertz CT molecular complexity index is 504. The molecule has 0 bridgehead atoms. The topological polar surface area (TPSA) is 44.6 Å². The lowest BCUT2D eigenvalue weighted by Gasteiger charge is -2.24. The van der Waals surface area contributed by atoms with E-state index in [0.29, 0.717) is 0 Å². The van der Waals surface area contributed by atoms with Crippen LogP contribution in [0.3, 0.4) is 0 Å². The third kappa shape index (κ3) is 3.05. The number of likely N-dealkylation sites (tertiary alicyclic amines) is 1. The SMILES string of the molecule is CN(C)C(=O)N1CCc2ncc(CN3CCCC3)n2CC1. The number of aromatic nitrogens is 2. The van der Waals surface area contributed by atoms with Gasteiger partial charge in [0, 0.05) is 52.9 Å². The van der Waals surface area contributed by atoms with Gasteiger partial charge < -0.3 is 14.4 Å². The molecule has 0 radical (unpaired) electrons. The normalized spacial score (nSPS) is 19.4. The van der Waals surface area contributed by atoms with Crippen LogP contribution in [0.1, 0.15) is 24.4 Å². The first-order chi connectivity index (χ1) is 10.1. The van der Waals surface area contributed by atoms with Crippen LogP contribution in [-0.4, -0.2) is 70.6 Å². The van der Waals surface area contributed by atoms with E-state index in [9.17, 15) is 4.79 Å². The van der Waals surface area contributed by atoms with E-state index < -0.39 is 0 Å². The second kappa shape index (κ2) is 6.05. The van der Waals surface area contributed by atoms with Crippen LogP contribution in [0.2, 0.25) is 0 Å². The van der Waals surface area contributed by atoms with Crippen LogP contribution in [0, 0.1) is 0 Å². The highest BCUT2D eigenvalue weighted by Gasteiger charge is 2.22. The van der Waals surface area contributed by atoms with E-state index in [1.165, 1.54) is 31.6 Å². The standard InChI is InChI=1S/C15H25N5O/c1-17(2)15(21)19-8-5-14-16-11-13(20(14)10-9-19)12-18-6-3-4-7-18/h11H,3-10,12H2,1-2H3. The lowest BCUT2D eigenvalue weighted by Crippen LogP contribution is -2.40. The number of hydrogen-bond acceptors (Lipinski definition) is 3. The van der Waals surface area contributed by atoms with Gasteiger partial charge >= 0.3 is 6.03 Å². The minimum Gasteiger partial charge on any atom is -0.331 e. The maximum atomic E-state index is 12.1. The van der Waals surface area contributed by atoms with Crippen LogP contribution in [0.15, 0.2) is 6.20 Å². The predicted molar refractivity (Wildman–Crippen MR) is 81.1 cm³/mol. The van der Waals surface area contributed by atoms with Crippen molar-refractivity contribution in [2.45, 2.75) is 32.4 Å². The van der Waals surface area contributed by atoms with Crippen LogP contribution in [-0.2, 0) is 19.5 Å². The van der Waals surface area contributed by atoms with Gasteiger partial charge in [-0.15, -0.1) is 0 Å². The third-order valence-corrected chi connectivity index (χ3v) is 4.46. The Balaban J connectivity index is 1.68. The Morgan fingerprint density at radius 3 is 2.67 bits per heavy atom. The zero-order chi connectivity index (χ0) is 14.8. The number of imidazole rings is 1. The number of amides is 2. The van der Waals surface area contributed by atoms with Crippen LogP contribution in [0.5, 0.6) is 0 Å². The van der Waals surface area contributed by atoms with Gasteiger partial charge in [0.05, 0.1) is 5.69 Å². The molecule has 1 aromatic rings. The van der Waals surface area contributed by atoms with Gasteiger partial charge in [-0.05, 0) is 25.9 Å². The Morgan fingerprint density at radius 1 is 1.19 bits per heavy atom. The molecule has 0 atom stereocenters. The largest absolute Gasteiger partial charge is 0.331 e. The number of carbonyl (C=O) groups is 1. The number of hydrogen-bond donors (Lipinski definition) is 0. The molecule has 1 saturated heterocycles. The summed E-state index contributed by atoms with van der Waals surface area (Å²) < 4.78 is 2.32. The fraction of sp³-hybridized carbons (Fsp3) is 0.733. The highest BCUT2D eigenvalue weighted by molar-refractivity contribution is 5.73. The molecule has 6 nitrogen and oxygen atoms in total. The number of nitrogens with zero attached hydrogens (tertiary/aromatic N) is 5. The van der Waals surface area contributed by atoms with Crippen LogP contribution >= 0.6 is 0 Å². The zero-order valence-electron chi connectivity index (χ0n) is 13.1. The highest BCUT2D eigenvalue weighted by atomic mass is 16.2. The van der Waals surface area contributed by atoms with Crippen LogP contribution in [0.4, 0.5) is 4.79 Å². The molecule has 21 heavy (non-hydrogen) atoms. The van der Waals surface area contributed by atoms with E-state index in [1.807, 2.05) is 25.2 Å². The molecule has 0 spiro atoms. The molecule has 6 heteroatoms. The number of carbonyl (C=O) groups excluding carboxylic acids is 1. The summed E-state index contributed by atoms with van der Waals surface area (Å²) >= 11 is 0. The van der Waals surface area contributed by atoms with Crippen molar-refractivity contribution < 1.29 is 4.79 Å². The van der Waals surface area contributed by atoms with E-state index in [2.05, 4.69) is 14.5 Å². The summed E-state index contributed by atoms with van der Waals surface area (Å²) in [6.45, 7) is 5.79. The molecule has 0 aromatic carbocycles. The first-order valence-corrected chi connectivity index (χ1v) is 7.87. The summed E-state index contributed by atoms with van der Waals surface area (Å²) in [5.41, 5.74) is 1.30. The number of fused-ring (bicyclic) bond motifs is 1. The molecule has 0 unspecified atom stereocenters. The van der Waals surface area contributed by atoms with Gasteiger partial charge in [-0.1, -0.05) is 0 Å². The van der Waals surface area contributed by atoms with Crippen molar-refractivity contribution in [3.05, 3.63) is 17.7 Å². The summed E-state index contributed by atoms with van der Waals surface area (Å²) in [6, 6.07) is 0.0989.